The van der Waals surface area contributed by atoms with Crippen LogP contribution in [0.2, 0.25) is 0 Å². The Morgan fingerprint density at radius 1 is 1.24 bits per heavy atom. The van der Waals surface area contributed by atoms with Gasteiger partial charge in [0.2, 0.25) is 0 Å². The molecule has 1 N–H and O–H groups in total. The monoisotopic (exact) mass is 352 g/mol. The SMILES string of the molecule is CCCOc1ccc(C(O)c2cc(C)ccc2F)cc1Br. The molecule has 0 saturated heterocycles. The van der Waals surface area contributed by atoms with Gasteiger partial charge in [-0.05, 0) is 53.0 Å². The number of aliphatic hydroxyl groups is 1. The zero-order valence-electron chi connectivity index (χ0n) is 12.1. The minimum atomic E-state index is -0.999. The second kappa shape index (κ2) is 7.05. The molecule has 0 spiro atoms. The van der Waals surface area contributed by atoms with Crippen LogP contribution in [0.25, 0.3) is 0 Å². The molecule has 2 aromatic carbocycles. The van der Waals surface area contributed by atoms with Crippen molar-refractivity contribution in [3.05, 3.63) is 63.4 Å². The largest absolute Gasteiger partial charge is 0.492 e. The summed E-state index contributed by atoms with van der Waals surface area (Å²) in [4.78, 5) is 0. The summed E-state index contributed by atoms with van der Waals surface area (Å²) in [7, 11) is 0. The third kappa shape index (κ3) is 3.83. The second-order valence-electron chi connectivity index (χ2n) is 4.97. The maximum atomic E-state index is 13.9. The van der Waals surface area contributed by atoms with E-state index < -0.39 is 11.9 Å². The lowest BCUT2D eigenvalue weighted by atomic mass is 9.99. The summed E-state index contributed by atoms with van der Waals surface area (Å²) in [6, 6.07) is 10.0. The van der Waals surface area contributed by atoms with Gasteiger partial charge in [0, 0.05) is 5.56 Å². The van der Waals surface area contributed by atoms with E-state index in [-0.39, 0.29) is 5.56 Å². The first-order chi connectivity index (χ1) is 10.0. The van der Waals surface area contributed by atoms with E-state index in [2.05, 4.69) is 15.9 Å². The molecule has 4 heteroatoms. The fourth-order valence-corrected chi connectivity index (χ4v) is 2.58. The Balaban J connectivity index is 2.29. The van der Waals surface area contributed by atoms with Crippen LogP contribution in [0.3, 0.4) is 0 Å². The van der Waals surface area contributed by atoms with Gasteiger partial charge in [0.1, 0.15) is 17.7 Å². The molecule has 0 bridgehead atoms. The van der Waals surface area contributed by atoms with Gasteiger partial charge in [-0.15, -0.1) is 0 Å². The van der Waals surface area contributed by atoms with Gasteiger partial charge in [0.25, 0.3) is 0 Å². The van der Waals surface area contributed by atoms with E-state index in [1.54, 1.807) is 30.3 Å². The van der Waals surface area contributed by atoms with Gasteiger partial charge in [-0.25, -0.2) is 4.39 Å². The van der Waals surface area contributed by atoms with Gasteiger partial charge in [0.05, 0.1) is 11.1 Å². The quantitative estimate of drug-likeness (QED) is 0.839. The molecule has 0 amide bonds. The van der Waals surface area contributed by atoms with E-state index in [1.807, 2.05) is 13.8 Å². The van der Waals surface area contributed by atoms with Gasteiger partial charge in [-0.2, -0.15) is 0 Å². The van der Waals surface area contributed by atoms with Gasteiger partial charge >= 0.3 is 0 Å². The molecule has 0 saturated carbocycles. The average molecular weight is 353 g/mol. The van der Waals surface area contributed by atoms with Crippen LogP contribution in [0.5, 0.6) is 5.75 Å². The fourth-order valence-electron chi connectivity index (χ4n) is 2.07. The molecule has 1 atom stereocenters. The third-order valence-electron chi connectivity index (χ3n) is 3.18. The molecule has 0 heterocycles. The Morgan fingerprint density at radius 3 is 2.67 bits per heavy atom. The van der Waals surface area contributed by atoms with Crippen molar-refractivity contribution >= 4 is 15.9 Å². The lowest BCUT2D eigenvalue weighted by Gasteiger charge is -2.15. The van der Waals surface area contributed by atoms with Crippen LogP contribution in [0, 0.1) is 12.7 Å². The minimum absolute atomic E-state index is 0.282. The predicted octanol–water partition coefficient (Wildman–Crippen LogP) is 4.77. The smallest absolute Gasteiger partial charge is 0.133 e. The number of aryl methyl sites for hydroxylation is 1. The Morgan fingerprint density at radius 2 is 2.00 bits per heavy atom. The van der Waals surface area contributed by atoms with Crippen LogP contribution in [0.15, 0.2) is 40.9 Å². The molecule has 0 aliphatic rings. The molecule has 2 nitrogen and oxygen atoms in total. The molecule has 2 rings (SSSR count). The van der Waals surface area contributed by atoms with Crippen LogP contribution in [0.1, 0.15) is 36.1 Å². The minimum Gasteiger partial charge on any atom is -0.492 e. The van der Waals surface area contributed by atoms with Crippen LogP contribution in [-0.2, 0) is 0 Å². The summed E-state index contributed by atoms with van der Waals surface area (Å²) in [6.45, 7) is 4.53. The van der Waals surface area contributed by atoms with Crippen molar-refractivity contribution in [2.45, 2.75) is 26.4 Å². The average Bonchev–Trinajstić information content (AvgIpc) is 2.47. The van der Waals surface area contributed by atoms with E-state index in [0.717, 1.165) is 22.2 Å². The van der Waals surface area contributed by atoms with E-state index >= 15 is 0 Å². The zero-order valence-corrected chi connectivity index (χ0v) is 13.7. The predicted molar refractivity (Wildman–Crippen MR) is 85.1 cm³/mol. The van der Waals surface area contributed by atoms with Gasteiger partial charge in [-0.1, -0.05) is 30.7 Å². The Hall–Kier alpha value is -1.39. The number of hydrogen-bond acceptors (Lipinski definition) is 2. The van der Waals surface area contributed by atoms with E-state index in [1.165, 1.54) is 6.07 Å². The van der Waals surface area contributed by atoms with Crippen LogP contribution in [0.4, 0.5) is 4.39 Å². The zero-order chi connectivity index (χ0) is 15.4. The number of halogens is 2. The maximum absolute atomic E-state index is 13.9. The summed E-state index contributed by atoms with van der Waals surface area (Å²) in [5, 5.41) is 10.4. The van der Waals surface area contributed by atoms with Gasteiger partial charge in [0.15, 0.2) is 0 Å². The van der Waals surface area contributed by atoms with Gasteiger partial charge in [-0.3, -0.25) is 0 Å². The summed E-state index contributed by atoms with van der Waals surface area (Å²) in [6.07, 6.45) is -0.0767. The van der Waals surface area contributed by atoms with Gasteiger partial charge < -0.3 is 9.84 Å². The molecule has 112 valence electrons. The van der Waals surface area contributed by atoms with Crippen molar-refractivity contribution in [3.63, 3.8) is 0 Å². The molecular formula is C17H18BrFO2. The van der Waals surface area contributed by atoms with E-state index in [4.69, 9.17) is 4.74 Å². The Kier molecular flexibility index (Phi) is 5.37. The van der Waals surface area contributed by atoms with Crippen molar-refractivity contribution < 1.29 is 14.2 Å². The highest BCUT2D eigenvalue weighted by Crippen LogP contribution is 2.32. The first-order valence-corrected chi connectivity index (χ1v) is 7.68. The van der Waals surface area contributed by atoms with Crippen LogP contribution in [-0.4, -0.2) is 11.7 Å². The lowest BCUT2D eigenvalue weighted by molar-refractivity contribution is 0.214. The first-order valence-electron chi connectivity index (χ1n) is 6.89. The number of benzene rings is 2. The third-order valence-corrected chi connectivity index (χ3v) is 3.80. The number of aliphatic hydroxyl groups excluding tert-OH is 1. The molecule has 0 fully saturated rings. The normalized spacial score (nSPS) is 12.2. The van der Waals surface area contributed by atoms with Crippen molar-refractivity contribution in [2.75, 3.05) is 6.61 Å². The molecule has 0 aliphatic heterocycles. The van der Waals surface area contributed by atoms with E-state index in [9.17, 15) is 9.50 Å². The molecule has 0 aromatic heterocycles. The summed E-state index contributed by atoms with van der Waals surface area (Å²) in [5.74, 6) is 0.313. The standard InChI is InChI=1S/C17H18BrFO2/c1-3-8-21-16-7-5-12(10-14(16)18)17(20)13-9-11(2)4-6-15(13)19/h4-7,9-10,17,20H,3,8H2,1-2H3. The fraction of sp³-hybridized carbons (Fsp3) is 0.294. The number of ether oxygens (including phenoxy) is 1. The van der Waals surface area contributed by atoms with Crippen LogP contribution >= 0.6 is 15.9 Å². The topological polar surface area (TPSA) is 29.5 Å². The maximum Gasteiger partial charge on any atom is 0.133 e. The highest BCUT2D eigenvalue weighted by atomic mass is 79.9. The number of hydrogen-bond donors (Lipinski definition) is 1. The summed E-state index contributed by atoms with van der Waals surface area (Å²) < 4.78 is 20.2. The lowest BCUT2D eigenvalue weighted by Crippen LogP contribution is -2.04. The molecule has 21 heavy (non-hydrogen) atoms. The van der Waals surface area contributed by atoms with E-state index in [0.29, 0.717) is 12.2 Å². The molecule has 2 aromatic rings. The highest BCUT2D eigenvalue weighted by molar-refractivity contribution is 9.10. The molecular weight excluding hydrogens is 335 g/mol. The van der Waals surface area contributed by atoms with Crippen LogP contribution < -0.4 is 4.74 Å². The second-order valence-corrected chi connectivity index (χ2v) is 5.82. The first kappa shape index (κ1) is 16.0. The molecule has 0 aliphatic carbocycles. The Bertz CT molecular complexity index is 628. The Labute approximate surface area is 132 Å². The summed E-state index contributed by atoms with van der Waals surface area (Å²) >= 11 is 3.42. The van der Waals surface area contributed by atoms with Crippen molar-refractivity contribution in [3.8, 4) is 5.75 Å². The highest BCUT2D eigenvalue weighted by Gasteiger charge is 2.16. The molecule has 1 unspecified atom stereocenters. The van der Waals surface area contributed by atoms with Crippen molar-refractivity contribution in [1.29, 1.82) is 0 Å². The molecule has 0 radical (unpaired) electrons. The number of rotatable bonds is 5. The van der Waals surface area contributed by atoms with Crippen molar-refractivity contribution in [2.24, 2.45) is 0 Å². The van der Waals surface area contributed by atoms with Crippen molar-refractivity contribution in [1.82, 2.24) is 0 Å². The summed E-state index contributed by atoms with van der Waals surface area (Å²) in [5.41, 5.74) is 1.81.